The lowest BCUT2D eigenvalue weighted by atomic mass is 10.1. The van der Waals surface area contributed by atoms with Gasteiger partial charge in [0.1, 0.15) is 5.75 Å². The van der Waals surface area contributed by atoms with Crippen molar-refractivity contribution in [3.8, 4) is 5.75 Å². The summed E-state index contributed by atoms with van der Waals surface area (Å²) in [6, 6.07) is 5.62. The fraction of sp³-hybridized carbons (Fsp3) is 0.562. The molecule has 2 rings (SSSR count). The number of amides is 1. The summed E-state index contributed by atoms with van der Waals surface area (Å²) < 4.78 is 0. The van der Waals surface area contributed by atoms with Gasteiger partial charge in [-0.2, -0.15) is 0 Å². The molecule has 1 aromatic carbocycles. The molecule has 0 aliphatic carbocycles. The first-order valence-corrected chi connectivity index (χ1v) is 7.44. The summed E-state index contributed by atoms with van der Waals surface area (Å²) in [6.07, 6.45) is 3.22. The molecule has 1 unspecified atom stereocenters. The third kappa shape index (κ3) is 3.51. The molecule has 2 N–H and O–H groups in total. The number of benzene rings is 1. The van der Waals surface area contributed by atoms with Crippen LogP contribution in [0.25, 0.3) is 0 Å². The van der Waals surface area contributed by atoms with Crippen molar-refractivity contribution in [1.29, 1.82) is 0 Å². The first kappa shape index (κ1) is 14.9. The molecule has 1 aliphatic heterocycles. The van der Waals surface area contributed by atoms with Gasteiger partial charge in [-0.1, -0.05) is 13.0 Å². The van der Waals surface area contributed by atoms with E-state index < -0.39 is 0 Å². The van der Waals surface area contributed by atoms with E-state index in [9.17, 15) is 9.90 Å². The van der Waals surface area contributed by atoms with Gasteiger partial charge in [-0.05, 0) is 50.4 Å². The van der Waals surface area contributed by atoms with Crippen LogP contribution in [0.15, 0.2) is 18.2 Å². The molecule has 1 fully saturated rings. The number of phenols is 1. The Morgan fingerprint density at radius 2 is 2.30 bits per heavy atom. The fourth-order valence-corrected chi connectivity index (χ4v) is 2.72. The van der Waals surface area contributed by atoms with Crippen molar-refractivity contribution >= 4 is 5.91 Å². The van der Waals surface area contributed by atoms with Crippen LogP contribution in [-0.2, 0) is 0 Å². The molecule has 4 heteroatoms. The van der Waals surface area contributed by atoms with Crippen molar-refractivity contribution in [2.45, 2.75) is 39.2 Å². The van der Waals surface area contributed by atoms with Crippen molar-refractivity contribution in [3.05, 3.63) is 29.3 Å². The van der Waals surface area contributed by atoms with Crippen LogP contribution in [0.5, 0.6) is 5.75 Å². The Hall–Kier alpha value is -1.55. The number of hydrogen-bond acceptors (Lipinski definition) is 3. The number of nitrogens with zero attached hydrogens (tertiary/aromatic N) is 1. The molecule has 4 nitrogen and oxygen atoms in total. The Bertz CT molecular complexity index is 468. The molecule has 110 valence electrons. The van der Waals surface area contributed by atoms with E-state index in [0.717, 1.165) is 38.0 Å². The summed E-state index contributed by atoms with van der Waals surface area (Å²) in [4.78, 5) is 14.4. The van der Waals surface area contributed by atoms with E-state index in [0.29, 0.717) is 11.6 Å². The molecule has 1 amide bonds. The van der Waals surface area contributed by atoms with Gasteiger partial charge in [0.2, 0.25) is 0 Å². The molecule has 1 aliphatic rings. The number of nitrogens with one attached hydrogen (secondary N) is 1. The third-order valence-electron chi connectivity index (χ3n) is 3.77. The molecule has 1 aromatic rings. The van der Waals surface area contributed by atoms with E-state index in [1.165, 1.54) is 6.42 Å². The maximum atomic E-state index is 12.6. The lowest BCUT2D eigenvalue weighted by Crippen LogP contribution is -2.41. The SMILES string of the molecule is CCCN(CC1CCCN1)C(=O)c1ccc(C)cc1O. The van der Waals surface area contributed by atoms with Crippen molar-refractivity contribution in [2.75, 3.05) is 19.6 Å². The Kier molecular flexibility index (Phi) is 5.01. The molecule has 1 saturated heterocycles. The minimum Gasteiger partial charge on any atom is -0.507 e. The van der Waals surface area contributed by atoms with Crippen LogP contribution < -0.4 is 5.32 Å². The number of aromatic hydroxyl groups is 1. The second kappa shape index (κ2) is 6.75. The van der Waals surface area contributed by atoms with Gasteiger partial charge in [0.05, 0.1) is 5.56 Å². The van der Waals surface area contributed by atoms with Gasteiger partial charge in [0.15, 0.2) is 0 Å². The lowest BCUT2D eigenvalue weighted by Gasteiger charge is -2.26. The van der Waals surface area contributed by atoms with Crippen LogP contribution >= 0.6 is 0 Å². The number of carbonyl (C=O) groups excluding carboxylic acids is 1. The maximum absolute atomic E-state index is 12.6. The van der Waals surface area contributed by atoms with E-state index in [-0.39, 0.29) is 11.7 Å². The molecule has 1 heterocycles. The van der Waals surface area contributed by atoms with E-state index in [4.69, 9.17) is 0 Å². The van der Waals surface area contributed by atoms with Gasteiger partial charge in [-0.3, -0.25) is 4.79 Å². The molecular formula is C16H24N2O2. The minimum absolute atomic E-state index is 0.0712. The van der Waals surface area contributed by atoms with E-state index in [1.54, 1.807) is 12.1 Å². The Morgan fingerprint density at radius 1 is 1.50 bits per heavy atom. The predicted molar refractivity (Wildman–Crippen MR) is 80.1 cm³/mol. The molecule has 0 radical (unpaired) electrons. The number of rotatable bonds is 5. The summed E-state index contributed by atoms with van der Waals surface area (Å²) in [6.45, 7) is 6.45. The number of aryl methyl sites for hydroxylation is 1. The monoisotopic (exact) mass is 276 g/mol. The van der Waals surface area contributed by atoms with Gasteiger partial charge in [0.25, 0.3) is 5.91 Å². The van der Waals surface area contributed by atoms with Crippen molar-refractivity contribution < 1.29 is 9.90 Å². The molecule has 1 atom stereocenters. The Labute approximate surface area is 120 Å². The van der Waals surface area contributed by atoms with Gasteiger partial charge < -0.3 is 15.3 Å². The first-order chi connectivity index (χ1) is 9.61. The molecule has 0 saturated carbocycles. The number of phenolic OH excluding ortho intramolecular Hbond substituents is 1. The normalized spacial score (nSPS) is 18.2. The standard InChI is InChI=1S/C16H24N2O2/c1-3-9-18(11-13-5-4-8-17-13)16(20)14-7-6-12(2)10-15(14)19/h6-7,10,13,17,19H,3-5,8-9,11H2,1-2H3. The average molecular weight is 276 g/mol. The maximum Gasteiger partial charge on any atom is 0.257 e. The number of hydrogen-bond donors (Lipinski definition) is 2. The molecule has 0 spiro atoms. The summed E-state index contributed by atoms with van der Waals surface area (Å²) >= 11 is 0. The largest absolute Gasteiger partial charge is 0.507 e. The van der Waals surface area contributed by atoms with Gasteiger partial charge in [-0.25, -0.2) is 0 Å². The van der Waals surface area contributed by atoms with Crippen LogP contribution in [0.1, 0.15) is 42.1 Å². The second-order valence-electron chi connectivity index (χ2n) is 5.57. The van der Waals surface area contributed by atoms with Crippen LogP contribution in [0, 0.1) is 6.92 Å². The summed E-state index contributed by atoms with van der Waals surface area (Å²) in [5.74, 6) is 0.00790. The second-order valence-corrected chi connectivity index (χ2v) is 5.57. The highest BCUT2D eigenvalue weighted by molar-refractivity contribution is 5.96. The highest BCUT2D eigenvalue weighted by Gasteiger charge is 2.23. The quantitative estimate of drug-likeness (QED) is 0.867. The smallest absolute Gasteiger partial charge is 0.257 e. The topological polar surface area (TPSA) is 52.6 Å². The highest BCUT2D eigenvalue weighted by Crippen LogP contribution is 2.21. The average Bonchev–Trinajstić information content (AvgIpc) is 2.90. The molecular weight excluding hydrogens is 252 g/mol. The molecule has 0 aromatic heterocycles. The predicted octanol–water partition coefficient (Wildman–Crippen LogP) is 2.30. The zero-order valence-electron chi connectivity index (χ0n) is 12.4. The fourth-order valence-electron chi connectivity index (χ4n) is 2.72. The van der Waals surface area contributed by atoms with Crippen LogP contribution in [0.3, 0.4) is 0 Å². The van der Waals surface area contributed by atoms with Gasteiger partial charge in [0, 0.05) is 19.1 Å². The summed E-state index contributed by atoms with van der Waals surface area (Å²) in [5, 5.41) is 13.4. The zero-order valence-corrected chi connectivity index (χ0v) is 12.4. The van der Waals surface area contributed by atoms with Crippen molar-refractivity contribution in [3.63, 3.8) is 0 Å². The van der Waals surface area contributed by atoms with Crippen LogP contribution in [0.4, 0.5) is 0 Å². The first-order valence-electron chi connectivity index (χ1n) is 7.44. The van der Waals surface area contributed by atoms with Gasteiger partial charge in [-0.15, -0.1) is 0 Å². The van der Waals surface area contributed by atoms with Crippen molar-refractivity contribution in [2.24, 2.45) is 0 Å². The Balaban J connectivity index is 2.12. The number of carbonyl (C=O) groups is 1. The zero-order chi connectivity index (χ0) is 14.5. The highest BCUT2D eigenvalue weighted by atomic mass is 16.3. The van der Waals surface area contributed by atoms with E-state index >= 15 is 0 Å². The third-order valence-corrected chi connectivity index (χ3v) is 3.77. The van der Waals surface area contributed by atoms with E-state index in [1.807, 2.05) is 17.9 Å². The molecule has 20 heavy (non-hydrogen) atoms. The molecule has 0 bridgehead atoms. The van der Waals surface area contributed by atoms with Gasteiger partial charge >= 0.3 is 0 Å². The summed E-state index contributed by atoms with van der Waals surface area (Å²) in [7, 11) is 0. The van der Waals surface area contributed by atoms with Crippen LogP contribution in [-0.4, -0.2) is 41.6 Å². The summed E-state index contributed by atoms with van der Waals surface area (Å²) in [5.41, 5.74) is 1.36. The van der Waals surface area contributed by atoms with Crippen LogP contribution in [0.2, 0.25) is 0 Å². The minimum atomic E-state index is -0.0712. The lowest BCUT2D eigenvalue weighted by molar-refractivity contribution is 0.0739. The van der Waals surface area contributed by atoms with Crippen molar-refractivity contribution in [1.82, 2.24) is 10.2 Å². The van der Waals surface area contributed by atoms with E-state index in [2.05, 4.69) is 12.2 Å². The Morgan fingerprint density at radius 3 is 2.90 bits per heavy atom.